The van der Waals surface area contributed by atoms with Gasteiger partial charge in [0.25, 0.3) is 11.5 Å². The van der Waals surface area contributed by atoms with Gasteiger partial charge in [0.15, 0.2) is 11.6 Å². The lowest BCUT2D eigenvalue weighted by atomic mass is 10.1. The molecule has 0 bridgehead atoms. The topological polar surface area (TPSA) is 91.3 Å². The predicted octanol–water partition coefficient (Wildman–Crippen LogP) is 3.12. The summed E-state index contributed by atoms with van der Waals surface area (Å²) in [7, 11) is 3.70. The van der Waals surface area contributed by atoms with Crippen molar-refractivity contribution in [3.63, 3.8) is 0 Å². The van der Waals surface area contributed by atoms with Crippen molar-refractivity contribution in [1.29, 1.82) is 0 Å². The van der Waals surface area contributed by atoms with Gasteiger partial charge in [-0.1, -0.05) is 6.07 Å². The summed E-state index contributed by atoms with van der Waals surface area (Å²) in [5.74, 6) is -2.51. The van der Waals surface area contributed by atoms with E-state index in [-0.39, 0.29) is 5.69 Å². The normalized spacial score (nSPS) is 13.2. The number of nitrogens with one attached hydrogen (secondary N) is 3. The summed E-state index contributed by atoms with van der Waals surface area (Å²) in [5.41, 5.74) is 1.91. The van der Waals surface area contributed by atoms with Crippen LogP contribution in [0, 0.1) is 11.6 Å². The highest BCUT2D eigenvalue weighted by atomic mass is 19.1. The summed E-state index contributed by atoms with van der Waals surface area (Å²) in [6.45, 7) is 2.31. The molecule has 1 aromatic heterocycles. The Hall–Kier alpha value is -3.79. The Morgan fingerprint density at radius 2 is 1.65 bits per heavy atom. The summed E-state index contributed by atoms with van der Waals surface area (Å²) < 4.78 is 29.1. The Labute approximate surface area is 195 Å². The number of halogens is 2. The number of nitrogens with zero attached hydrogens (tertiary/aromatic N) is 3. The molecule has 178 valence electrons. The molecule has 0 atom stereocenters. The smallest absolute Gasteiger partial charge is 0.276 e. The first-order valence-corrected chi connectivity index (χ1v) is 11.0. The molecule has 2 heterocycles. The minimum Gasteiger partial charge on any atom is -0.388 e. The minimum atomic E-state index is -0.956. The molecule has 1 fully saturated rings. The van der Waals surface area contributed by atoms with Crippen LogP contribution in [-0.2, 0) is 6.54 Å². The molecule has 0 spiro atoms. The third-order valence-electron chi connectivity index (χ3n) is 5.76. The van der Waals surface area contributed by atoms with Gasteiger partial charge in [-0.25, -0.2) is 8.78 Å². The zero-order chi connectivity index (χ0) is 24.2. The fourth-order valence-electron chi connectivity index (χ4n) is 4.20. The van der Waals surface area contributed by atoms with Crippen LogP contribution in [0.2, 0.25) is 0 Å². The Morgan fingerprint density at radius 3 is 2.29 bits per heavy atom. The standard InChI is InChI=1S/C24H26F2N6O2/c1-27-14-15-18(28-2)8-9-19(22(15)31-12-3-4-13-31)29-24(34)20-10-11-21(33)32(30-20)23-16(25)6-5-7-17(23)26/h5-11,27-28H,3-4,12-14H2,1-2H3,(H,29,34). The van der Waals surface area contributed by atoms with Crippen LogP contribution in [0.15, 0.2) is 47.3 Å². The van der Waals surface area contributed by atoms with Crippen molar-refractivity contribution in [3.8, 4) is 5.69 Å². The van der Waals surface area contributed by atoms with E-state index in [2.05, 4.69) is 25.9 Å². The van der Waals surface area contributed by atoms with Gasteiger partial charge in [-0.15, -0.1) is 0 Å². The number of anilines is 3. The predicted molar refractivity (Wildman–Crippen MR) is 128 cm³/mol. The van der Waals surface area contributed by atoms with Crippen LogP contribution < -0.4 is 26.4 Å². The van der Waals surface area contributed by atoms with E-state index in [1.54, 1.807) is 0 Å². The minimum absolute atomic E-state index is 0.150. The number of carbonyl (C=O) groups is 1. The van der Waals surface area contributed by atoms with Gasteiger partial charge in [0.2, 0.25) is 0 Å². The van der Waals surface area contributed by atoms with Crippen LogP contribution in [0.4, 0.5) is 25.8 Å². The Bertz CT molecular complexity index is 1250. The molecular weight excluding hydrogens is 442 g/mol. The van der Waals surface area contributed by atoms with Gasteiger partial charge < -0.3 is 20.9 Å². The fourth-order valence-corrected chi connectivity index (χ4v) is 4.20. The van der Waals surface area contributed by atoms with E-state index in [9.17, 15) is 18.4 Å². The van der Waals surface area contributed by atoms with Gasteiger partial charge in [-0.2, -0.15) is 9.78 Å². The highest BCUT2D eigenvalue weighted by molar-refractivity contribution is 6.05. The summed E-state index contributed by atoms with van der Waals surface area (Å²) in [6, 6.07) is 9.22. The Kier molecular flexibility index (Phi) is 6.87. The van der Waals surface area contributed by atoms with E-state index in [1.807, 2.05) is 26.2 Å². The average molecular weight is 469 g/mol. The maximum absolute atomic E-state index is 14.3. The average Bonchev–Trinajstić information content (AvgIpc) is 3.35. The molecule has 0 saturated carbocycles. The van der Waals surface area contributed by atoms with Crippen LogP contribution in [0.1, 0.15) is 28.9 Å². The Balaban J connectivity index is 1.74. The second kappa shape index (κ2) is 10.0. The molecule has 3 N–H and O–H groups in total. The van der Waals surface area contributed by atoms with E-state index in [4.69, 9.17) is 0 Å². The van der Waals surface area contributed by atoms with Crippen LogP contribution in [0.25, 0.3) is 5.69 Å². The van der Waals surface area contributed by atoms with E-state index < -0.39 is 28.8 Å². The maximum atomic E-state index is 14.3. The monoisotopic (exact) mass is 468 g/mol. The molecule has 1 aliphatic rings. The number of hydrogen-bond acceptors (Lipinski definition) is 6. The van der Waals surface area contributed by atoms with Gasteiger partial charge in [0.05, 0.1) is 11.4 Å². The molecule has 3 aromatic rings. The summed E-state index contributed by atoms with van der Waals surface area (Å²) >= 11 is 0. The molecule has 0 unspecified atom stereocenters. The second-order valence-corrected chi connectivity index (χ2v) is 7.96. The lowest BCUT2D eigenvalue weighted by Crippen LogP contribution is -2.27. The van der Waals surface area contributed by atoms with E-state index in [0.717, 1.165) is 61.1 Å². The summed E-state index contributed by atoms with van der Waals surface area (Å²) in [6.07, 6.45) is 2.10. The highest BCUT2D eigenvalue weighted by Gasteiger charge is 2.23. The summed E-state index contributed by atoms with van der Waals surface area (Å²) in [4.78, 5) is 27.7. The number of benzene rings is 2. The van der Waals surface area contributed by atoms with Gasteiger partial charge in [0.1, 0.15) is 11.4 Å². The van der Waals surface area contributed by atoms with E-state index >= 15 is 0 Å². The number of para-hydroxylation sites is 1. The van der Waals surface area contributed by atoms with Gasteiger partial charge >= 0.3 is 0 Å². The lowest BCUT2D eigenvalue weighted by molar-refractivity contribution is 0.102. The maximum Gasteiger partial charge on any atom is 0.276 e. The quantitative estimate of drug-likeness (QED) is 0.494. The molecule has 10 heteroatoms. The molecule has 0 radical (unpaired) electrons. The van der Waals surface area contributed by atoms with E-state index in [0.29, 0.717) is 16.9 Å². The first-order valence-electron chi connectivity index (χ1n) is 11.0. The van der Waals surface area contributed by atoms with Crippen molar-refractivity contribution in [2.24, 2.45) is 0 Å². The zero-order valence-corrected chi connectivity index (χ0v) is 19.0. The van der Waals surface area contributed by atoms with Crippen molar-refractivity contribution >= 4 is 23.0 Å². The number of carbonyl (C=O) groups excluding carboxylic acids is 1. The first-order chi connectivity index (χ1) is 16.4. The lowest BCUT2D eigenvalue weighted by Gasteiger charge is -2.27. The number of rotatable bonds is 7. The number of hydrogen-bond donors (Lipinski definition) is 3. The number of aromatic nitrogens is 2. The SMILES string of the molecule is CNCc1c(NC)ccc(NC(=O)c2ccc(=O)n(-c3c(F)cccc3F)n2)c1N1CCCC1. The third-order valence-corrected chi connectivity index (χ3v) is 5.76. The molecule has 34 heavy (non-hydrogen) atoms. The second-order valence-electron chi connectivity index (χ2n) is 7.96. The molecular formula is C24H26F2N6O2. The Morgan fingerprint density at radius 1 is 0.971 bits per heavy atom. The van der Waals surface area contributed by atoms with Crippen molar-refractivity contribution in [2.45, 2.75) is 19.4 Å². The van der Waals surface area contributed by atoms with Crippen molar-refractivity contribution in [3.05, 3.63) is 75.7 Å². The van der Waals surface area contributed by atoms with Crippen molar-refractivity contribution in [2.75, 3.05) is 42.7 Å². The van der Waals surface area contributed by atoms with Gasteiger partial charge in [0, 0.05) is 44.0 Å². The largest absolute Gasteiger partial charge is 0.388 e. The van der Waals surface area contributed by atoms with Crippen molar-refractivity contribution in [1.82, 2.24) is 15.1 Å². The van der Waals surface area contributed by atoms with Crippen LogP contribution in [0.3, 0.4) is 0 Å². The van der Waals surface area contributed by atoms with E-state index in [1.165, 1.54) is 12.1 Å². The molecule has 1 saturated heterocycles. The van der Waals surface area contributed by atoms with Gasteiger partial charge in [-0.3, -0.25) is 9.59 Å². The molecule has 4 rings (SSSR count). The van der Waals surface area contributed by atoms with Crippen LogP contribution in [-0.4, -0.2) is 42.9 Å². The molecule has 0 aliphatic carbocycles. The molecule has 1 aliphatic heterocycles. The zero-order valence-electron chi connectivity index (χ0n) is 19.0. The molecule has 2 aromatic carbocycles. The van der Waals surface area contributed by atoms with Crippen molar-refractivity contribution < 1.29 is 13.6 Å². The van der Waals surface area contributed by atoms with Gasteiger partial charge in [-0.05, 0) is 50.2 Å². The first kappa shape index (κ1) is 23.4. The van der Waals surface area contributed by atoms with Crippen LogP contribution in [0.5, 0.6) is 0 Å². The third kappa shape index (κ3) is 4.49. The fraction of sp³-hybridized carbons (Fsp3) is 0.292. The highest BCUT2D eigenvalue weighted by Crippen LogP contribution is 2.37. The molecule has 1 amide bonds. The summed E-state index contributed by atoms with van der Waals surface area (Å²) in [5, 5.41) is 13.2. The van der Waals surface area contributed by atoms with Crippen LogP contribution >= 0.6 is 0 Å². The molecule has 8 nitrogen and oxygen atoms in total. The number of amides is 1.